The highest BCUT2D eigenvalue weighted by Crippen LogP contribution is 1.94. The van der Waals surface area contributed by atoms with Crippen LogP contribution in [0.5, 0.6) is 0 Å². The van der Waals surface area contributed by atoms with Gasteiger partial charge >= 0.3 is 0 Å². The molecule has 1 nitrogen and oxygen atoms in total. The Morgan fingerprint density at radius 1 is 1.08 bits per heavy atom. The Balaban J connectivity index is 3.38. The normalized spacial score (nSPS) is 13.3. The van der Waals surface area contributed by atoms with Crippen LogP contribution in [-0.4, -0.2) is 5.11 Å². The van der Waals surface area contributed by atoms with E-state index in [1.165, 1.54) is 0 Å². The molecule has 1 heteroatoms. The van der Waals surface area contributed by atoms with Crippen molar-refractivity contribution in [3.63, 3.8) is 0 Å². The Morgan fingerprint density at radius 2 is 1.67 bits per heavy atom. The number of hydrogen-bond acceptors (Lipinski definition) is 1. The van der Waals surface area contributed by atoms with Crippen LogP contribution in [0.2, 0.25) is 0 Å². The monoisotopic (exact) mass is 166 g/mol. The minimum absolute atomic E-state index is 0.392. The summed E-state index contributed by atoms with van der Waals surface area (Å²) in [6.07, 6.45) is 13.2. The van der Waals surface area contributed by atoms with E-state index in [9.17, 15) is 0 Å². The molecule has 0 amide bonds. The van der Waals surface area contributed by atoms with Gasteiger partial charge in [0.2, 0.25) is 0 Å². The molecule has 0 bridgehead atoms. The van der Waals surface area contributed by atoms with Crippen molar-refractivity contribution < 1.29 is 5.11 Å². The molecule has 0 fully saturated rings. The molecule has 0 saturated heterocycles. The van der Waals surface area contributed by atoms with Crippen molar-refractivity contribution in [2.24, 2.45) is 0 Å². The van der Waals surface area contributed by atoms with Gasteiger partial charge in [-0.25, -0.2) is 0 Å². The summed E-state index contributed by atoms with van der Waals surface area (Å²) in [5, 5.41) is 8.81. The zero-order valence-corrected chi connectivity index (χ0v) is 7.96. The molecule has 0 spiro atoms. The fourth-order valence-electron chi connectivity index (χ4n) is 0.773. The van der Waals surface area contributed by atoms with E-state index in [4.69, 9.17) is 5.11 Å². The summed E-state index contributed by atoms with van der Waals surface area (Å²) in [5.41, 5.74) is 0. The van der Waals surface area contributed by atoms with E-state index in [1.807, 2.05) is 0 Å². The van der Waals surface area contributed by atoms with Crippen molar-refractivity contribution in [3.05, 3.63) is 36.1 Å². The Morgan fingerprint density at radius 3 is 2.25 bits per heavy atom. The van der Waals surface area contributed by atoms with Crippen LogP contribution in [0.15, 0.2) is 36.1 Å². The lowest BCUT2D eigenvalue weighted by Crippen LogP contribution is -1.68. The lowest BCUT2D eigenvalue weighted by Gasteiger charge is -1.85. The largest absolute Gasteiger partial charge is 0.513 e. The number of allylic oxidation sites excluding steroid dienone is 6. The van der Waals surface area contributed by atoms with Crippen LogP contribution in [0, 0.1) is 0 Å². The molecule has 0 aliphatic rings. The standard InChI is InChI=1S/C11H18O/c1-3-4-5-6-7-8-9-10-11(2)12/h4-5,7-8,10,12H,3,6,9H2,1-2H3. The SMILES string of the molecule is CCC=CCC=CCC=C(C)O. The molecule has 0 atom stereocenters. The molecule has 0 heterocycles. The van der Waals surface area contributed by atoms with Gasteiger partial charge in [-0.05, 0) is 32.3 Å². The summed E-state index contributed by atoms with van der Waals surface area (Å²) in [5.74, 6) is 0.392. The van der Waals surface area contributed by atoms with Crippen molar-refractivity contribution >= 4 is 0 Å². The van der Waals surface area contributed by atoms with Gasteiger partial charge in [0.1, 0.15) is 0 Å². The van der Waals surface area contributed by atoms with E-state index < -0.39 is 0 Å². The van der Waals surface area contributed by atoms with Gasteiger partial charge < -0.3 is 5.11 Å². The quantitative estimate of drug-likeness (QED) is 0.487. The van der Waals surface area contributed by atoms with Crippen LogP contribution >= 0.6 is 0 Å². The molecule has 68 valence electrons. The van der Waals surface area contributed by atoms with Crippen LogP contribution in [0.1, 0.15) is 33.1 Å². The second-order valence-corrected chi connectivity index (χ2v) is 2.67. The number of hydrogen-bond donors (Lipinski definition) is 1. The smallest absolute Gasteiger partial charge is 0.0855 e. The molecular weight excluding hydrogens is 148 g/mol. The Bertz CT molecular complexity index is 171. The van der Waals surface area contributed by atoms with E-state index in [-0.39, 0.29) is 0 Å². The molecule has 0 radical (unpaired) electrons. The van der Waals surface area contributed by atoms with Crippen molar-refractivity contribution in [2.45, 2.75) is 33.1 Å². The van der Waals surface area contributed by atoms with Gasteiger partial charge in [0.25, 0.3) is 0 Å². The Hall–Kier alpha value is -0.980. The Kier molecular flexibility index (Phi) is 7.46. The lowest BCUT2D eigenvalue weighted by atomic mass is 10.3. The van der Waals surface area contributed by atoms with Crippen LogP contribution in [0.3, 0.4) is 0 Å². The molecule has 0 aromatic heterocycles. The first kappa shape index (κ1) is 11.0. The first-order valence-electron chi connectivity index (χ1n) is 4.43. The molecule has 0 aliphatic heterocycles. The molecule has 0 aromatic rings. The summed E-state index contributed by atoms with van der Waals surface area (Å²) in [7, 11) is 0. The molecule has 0 unspecified atom stereocenters. The van der Waals surface area contributed by atoms with Crippen LogP contribution in [-0.2, 0) is 0 Å². The van der Waals surface area contributed by atoms with E-state index >= 15 is 0 Å². The van der Waals surface area contributed by atoms with Gasteiger partial charge in [0.05, 0.1) is 5.76 Å². The van der Waals surface area contributed by atoms with Gasteiger partial charge in [-0.15, -0.1) is 0 Å². The molecule has 1 N–H and O–H groups in total. The summed E-state index contributed by atoms with van der Waals surface area (Å²) < 4.78 is 0. The summed E-state index contributed by atoms with van der Waals surface area (Å²) in [4.78, 5) is 0. The van der Waals surface area contributed by atoms with Crippen LogP contribution in [0.25, 0.3) is 0 Å². The fourth-order valence-corrected chi connectivity index (χ4v) is 0.773. The van der Waals surface area contributed by atoms with Crippen LogP contribution in [0.4, 0.5) is 0 Å². The van der Waals surface area contributed by atoms with Gasteiger partial charge in [-0.3, -0.25) is 0 Å². The van der Waals surface area contributed by atoms with Crippen molar-refractivity contribution in [2.75, 3.05) is 0 Å². The van der Waals surface area contributed by atoms with Gasteiger partial charge in [0, 0.05) is 0 Å². The average Bonchev–Trinajstić information content (AvgIpc) is 2.02. The lowest BCUT2D eigenvalue weighted by molar-refractivity contribution is 0.412. The van der Waals surface area contributed by atoms with Gasteiger partial charge in [-0.1, -0.05) is 31.2 Å². The van der Waals surface area contributed by atoms with E-state index in [0.717, 1.165) is 19.3 Å². The topological polar surface area (TPSA) is 20.2 Å². The predicted octanol–water partition coefficient (Wildman–Crippen LogP) is 3.75. The highest BCUT2D eigenvalue weighted by Gasteiger charge is 1.76. The van der Waals surface area contributed by atoms with E-state index in [0.29, 0.717) is 5.76 Å². The third kappa shape index (κ3) is 9.02. The van der Waals surface area contributed by atoms with Gasteiger partial charge in [0.15, 0.2) is 0 Å². The van der Waals surface area contributed by atoms with Crippen molar-refractivity contribution in [3.8, 4) is 0 Å². The summed E-state index contributed by atoms with van der Waals surface area (Å²) in [6.45, 7) is 3.81. The maximum absolute atomic E-state index is 8.81. The molecule has 0 saturated carbocycles. The first-order valence-corrected chi connectivity index (χ1v) is 4.43. The number of rotatable bonds is 5. The molecule has 0 rings (SSSR count). The fraction of sp³-hybridized carbons (Fsp3) is 0.455. The Labute approximate surface area is 75.1 Å². The molecular formula is C11H18O. The third-order valence-electron chi connectivity index (χ3n) is 1.39. The third-order valence-corrected chi connectivity index (χ3v) is 1.39. The van der Waals surface area contributed by atoms with Gasteiger partial charge in [-0.2, -0.15) is 0 Å². The number of aliphatic hydroxyl groups is 1. The molecule has 12 heavy (non-hydrogen) atoms. The zero-order valence-electron chi connectivity index (χ0n) is 7.96. The second kappa shape index (κ2) is 8.12. The zero-order chi connectivity index (χ0) is 9.23. The minimum atomic E-state index is 0.392. The summed E-state index contributed by atoms with van der Waals surface area (Å²) >= 11 is 0. The average molecular weight is 166 g/mol. The highest BCUT2D eigenvalue weighted by atomic mass is 16.3. The van der Waals surface area contributed by atoms with Crippen LogP contribution < -0.4 is 0 Å². The van der Waals surface area contributed by atoms with Crippen molar-refractivity contribution in [1.29, 1.82) is 0 Å². The molecule has 0 aromatic carbocycles. The van der Waals surface area contributed by atoms with Crippen molar-refractivity contribution in [1.82, 2.24) is 0 Å². The maximum Gasteiger partial charge on any atom is 0.0855 e. The number of aliphatic hydroxyl groups excluding tert-OH is 1. The molecule has 0 aliphatic carbocycles. The minimum Gasteiger partial charge on any atom is -0.513 e. The van der Waals surface area contributed by atoms with E-state index in [2.05, 4.69) is 31.2 Å². The highest BCUT2D eigenvalue weighted by molar-refractivity contribution is 4.98. The second-order valence-electron chi connectivity index (χ2n) is 2.67. The predicted molar refractivity (Wildman–Crippen MR) is 54.2 cm³/mol. The van der Waals surface area contributed by atoms with E-state index in [1.54, 1.807) is 13.0 Å². The first-order chi connectivity index (χ1) is 5.77. The summed E-state index contributed by atoms with van der Waals surface area (Å²) in [6, 6.07) is 0. The maximum atomic E-state index is 8.81.